The molecule has 0 aliphatic carbocycles. The van der Waals surface area contributed by atoms with Crippen LogP contribution in [-0.2, 0) is 0 Å². The van der Waals surface area contributed by atoms with Crippen LogP contribution in [0.25, 0.3) is 0 Å². The number of piperidine rings is 1. The molecule has 1 aliphatic heterocycles. The van der Waals surface area contributed by atoms with Gasteiger partial charge in [0.05, 0.1) is 18.2 Å². The van der Waals surface area contributed by atoms with Crippen LogP contribution in [0, 0.1) is 11.8 Å². The number of β-amino-alcohol motifs (C(OH)–C–C–N with tert-alkyl or cyclic N) is 1. The first-order valence-corrected chi connectivity index (χ1v) is 8.58. The maximum atomic E-state index is 12.8. The van der Waals surface area contributed by atoms with E-state index in [1.165, 1.54) is 0 Å². The number of hydrogen-bond donors (Lipinski definition) is 2. The molecule has 2 aromatic rings. The highest BCUT2D eigenvalue weighted by atomic mass is 16.3. The van der Waals surface area contributed by atoms with Crippen molar-refractivity contribution < 1.29 is 9.90 Å². The van der Waals surface area contributed by atoms with E-state index < -0.39 is 6.10 Å². The Morgan fingerprint density at radius 2 is 1.92 bits per heavy atom. The standard InChI is InChI=1S/C21H22N2O2/c24-18-11-7-15-23(16-18)21(25)19-12-4-5-13-20(19)22-14-6-10-17-8-2-1-3-9-17/h1-5,8-9,12-13,18,22,24H,7,11,14-16H2/t18-/m1/s1. The second-order valence-corrected chi connectivity index (χ2v) is 6.11. The molecule has 1 atom stereocenters. The lowest BCUT2D eigenvalue weighted by molar-refractivity contribution is 0.0474. The first kappa shape index (κ1) is 17.1. The van der Waals surface area contributed by atoms with Crippen molar-refractivity contribution in [1.82, 2.24) is 4.90 Å². The van der Waals surface area contributed by atoms with Crippen molar-refractivity contribution in [2.75, 3.05) is 25.0 Å². The number of carbonyl (C=O) groups is 1. The highest BCUT2D eigenvalue weighted by Gasteiger charge is 2.24. The smallest absolute Gasteiger partial charge is 0.256 e. The van der Waals surface area contributed by atoms with Crippen molar-refractivity contribution in [3.8, 4) is 11.8 Å². The van der Waals surface area contributed by atoms with E-state index in [0.717, 1.165) is 24.1 Å². The number of nitrogens with one attached hydrogen (secondary N) is 1. The van der Waals surface area contributed by atoms with Gasteiger partial charge in [-0.3, -0.25) is 4.79 Å². The lowest BCUT2D eigenvalue weighted by Crippen LogP contribution is -2.42. The molecule has 0 radical (unpaired) electrons. The predicted octanol–water partition coefficient (Wildman–Crippen LogP) is 2.75. The predicted molar refractivity (Wildman–Crippen MR) is 99.4 cm³/mol. The number of aliphatic hydroxyl groups excluding tert-OH is 1. The molecule has 0 spiro atoms. The summed E-state index contributed by atoms with van der Waals surface area (Å²) in [5.41, 5.74) is 2.36. The lowest BCUT2D eigenvalue weighted by Gasteiger charge is -2.30. The van der Waals surface area contributed by atoms with Crippen LogP contribution in [0.3, 0.4) is 0 Å². The molecule has 3 rings (SSSR count). The van der Waals surface area contributed by atoms with Crippen LogP contribution in [-0.4, -0.2) is 41.7 Å². The second kappa shape index (κ2) is 8.36. The third-order valence-corrected chi connectivity index (χ3v) is 4.21. The van der Waals surface area contributed by atoms with Crippen molar-refractivity contribution in [1.29, 1.82) is 0 Å². The zero-order chi connectivity index (χ0) is 17.5. The fourth-order valence-electron chi connectivity index (χ4n) is 2.94. The van der Waals surface area contributed by atoms with E-state index in [2.05, 4.69) is 17.2 Å². The number of benzene rings is 2. The summed E-state index contributed by atoms with van der Waals surface area (Å²) in [6, 6.07) is 17.3. The molecule has 0 aromatic heterocycles. The Bertz CT molecular complexity index is 777. The molecule has 1 fully saturated rings. The van der Waals surface area contributed by atoms with Gasteiger partial charge < -0.3 is 15.3 Å². The molecule has 4 nitrogen and oxygen atoms in total. The van der Waals surface area contributed by atoms with Crippen LogP contribution in [0.1, 0.15) is 28.8 Å². The number of aliphatic hydroxyl groups is 1. The average Bonchev–Trinajstić information content (AvgIpc) is 2.66. The van der Waals surface area contributed by atoms with Crippen LogP contribution in [0.5, 0.6) is 0 Å². The highest BCUT2D eigenvalue weighted by molar-refractivity contribution is 5.99. The summed E-state index contributed by atoms with van der Waals surface area (Å²) >= 11 is 0. The number of carbonyl (C=O) groups excluding carboxylic acids is 1. The van der Waals surface area contributed by atoms with E-state index >= 15 is 0 Å². The molecule has 1 amide bonds. The highest BCUT2D eigenvalue weighted by Crippen LogP contribution is 2.20. The van der Waals surface area contributed by atoms with Crippen molar-refractivity contribution in [2.45, 2.75) is 18.9 Å². The van der Waals surface area contributed by atoms with Gasteiger partial charge in [-0.25, -0.2) is 0 Å². The molecule has 1 saturated heterocycles. The Labute approximate surface area is 148 Å². The maximum Gasteiger partial charge on any atom is 0.256 e. The summed E-state index contributed by atoms with van der Waals surface area (Å²) in [6.45, 7) is 1.56. The molecule has 25 heavy (non-hydrogen) atoms. The normalized spacial score (nSPS) is 16.7. The topological polar surface area (TPSA) is 52.6 Å². The van der Waals surface area contributed by atoms with Gasteiger partial charge >= 0.3 is 0 Å². The summed E-state index contributed by atoms with van der Waals surface area (Å²) in [5, 5.41) is 13.0. The minimum atomic E-state index is -0.422. The summed E-state index contributed by atoms with van der Waals surface area (Å²) < 4.78 is 0. The monoisotopic (exact) mass is 334 g/mol. The third-order valence-electron chi connectivity index (χ3n) is 4.21. The van der Waals surface area contributed by atoms with Crippen LogP contribution in [0.4, 0.5) is 5.69 Å². The van der Waals surface area contributed by atoms with Crippen molar-refractivity contribution in [3.05, 3.63) is 65.7 Å². The number of rotatable bonds is 3. The molecule has 2 N–H and O–H groups in total. The van der Waals surface area contributed by atoms with Crippen LogP contribution >= 0.6 is 0 Å². The molecule has 128 valence electrons. The second-order valence-electron chi connectivity index (χ2n) is 6.11. The van der Waals surface area contributed by atoms with E-state index in [0.29, 0.717) is 25.2 Å². The first-order chi connectivity index (χ1) is 12.2. The average molecular weight is 334 g/mol. The number of anilines is 1. The molecule has 1 heterocycles. The van der Waals surface area contributed by atoms with Gasteiger partial charge in [-0.1, -0.05) is 42.2 Å². The molecular formula is C21H22N2O2. The number of likely N-dealkylation sites (tertiary alicyclic amines) is 1. The quantitative estimate of drug-likeness (QED) is 0.849. The minimum absolute atomic E-state index is 0.0436. The molecule has 2 aromatic carbocycles. The number of amides is 1. The van der Waals surface area contributed by atoms with Gasteiger partial charge in [-0.05, 0) is 37.1 Å². The molecule has 0 unspecified atom stereocenters. The molecular weight excluding hydrogens is 312 g/mol. The first-order valence-electron chi connectivity index (χ1n) is 8.58. The summed E-state index contributed by atoms with van der Waals surface area (Å²) in [6.07, 6.45) is 1.18. The Hall–Kier alpha value is -2.77. The largest absolute Gasteiger partial charge is 0.391 e. The number of nitrogens with zero attached hydrogens (tertiary/aromatic N) is 1. The van der Waals surface area contributed by atoms with E-state index in [1.807, 2.05) is 54.6 Å². The van der Waals surface area contributed by atoms with Gasteiger partial charge in [-0.15, -0.1) is 0 Å². The molecule has 4 heteroatoms. The number of para-hydroxylation sites is 1. The Morgan fingerprint density at radius 1 is 1.16 bits per heavy atom. The summed E-state index contributed by atoms with van der Waals surface area (Å²) in [7, 11) is 0. The molecule has 0 bridgehead atoms. The van der Waals surface area contributed by atoms with Gasteiger partial charge in [0.25, 0.3) is 5.91 Å². The minimum Gasteiger partial charge on any atom is -0.391 e. The van der Waals surface area contributed by atoms with Gasteiger partial charge in [0.1, 0.15) is 0 Å². The Morgan fingerprint density at radius 3 is 2.72 bits per heavy atom. The van der Waals surface area contributed by atoms with E-state index in [4.69, 9.17) is 0 Å². The summed E-state index contributed by atoms with van der Waals surface area (Å²) in [4.78, 5) is 14.5. The molecule has 0 saturated carbocycles. The Kier molecular flexibility index (Phi) is 5.71. The Balaban J connectivity index is 1.66. The number of hydrogen-bond acceptors (Lipinski definition) is 3. The van der Waals surface area contributed by atoms with E-state index in [-0.39, 0.29) is 5.91 Å². The van der Waals surface area contributed by atoms with Gasteiger partial charge in [0.2, 0.25) is 0 Å². The van der Waals surface area contributed by atoms with E-state index in [9.17, 15) is 9.90 Å². The van der Waals surface area contributed by atoms with Crippen molar-refractivity contribution in [3.63, 3.8) is 0 Å². The zero-order valence-corrected chi connectivity index (χ0v) is 14.1. The summed E-state index contributed by atoms with van der Waals surface area (Å²) in [5.74, 6) is 6.13. The van der Waals surface area contributed by atoms with Crippen LogP contribution in [0.2, 0.25) is 0 Å². The van der Waals surface area contributed by atoms with Gasteiger partial charge in [0.15, 0.2) is 0 Å². The molecule has 1 aliphatic rings. The zero-order valence-electron chi connectivity index (χ0n) is 14.1. The van der Waals surface area contributed by atoms with Crippen LogP contribution < -0.4 is 5.32 Å². The SMILES string of the molecule is O=C(c1ccccc1NCC#Cc1ccccc1)N1CCC[C@@H](O)C1. The van der Waals surface area contributed by atoms with Crippen LogP contribution in [0.15, 0.2) is 54.6 Å². The van der Waals surface area contributed by atoms with Gasteiger partial charge in [-0.2, -0.15) is 0 Å². The fraction of sp³-hybridized carbons (Fsp3) is 0.286. The van der Waals surface area contributed by atoms with E-state index in [1.54, 1.807) is 4.90 Å². The van der Waals surface area contributed by atoms with Crippen molar-refractivity contribution >= 4 is 11.6 Å². The fourth-order valence-corrected chi connectivity index (χ4v) is 2.94. The van der Waals surface area contributed by atoms with Crippen molar-refractivity contribution in [2.24, 2.45) is 0 Å². The third kappa shape index (κ3) is 4.62. The lowest BCUT2D eigenvalue weighted by atomic mass is 10.1. The maximum absolute atomic E-state index is 12.8. The van der Waals surface area contributed by atoms with Gasteiger partial charge in [0, 0.05) is 24.3 Å².